The van der Waals surface area contributed by atoms with Gasteiger partial charge in [-0.25, -0.2) is 8.42 Å². The predicted molar refractivity (Wildman–Crippen MR) is 98.8 cm³/mol. The molecule has 0 saturated heterocycles. The van der Waals surface area contributed by atoms with Gasteiger partial charge in [0, 0.05) is 17.5 Å². The first-order valence-electron chi connectivity index (χ1n) is 7.89. The van der Waals surface area contributed by atoms with Crippen molar-refractivity contribution in [3.05, 3.63) is 41.8 Å². The molecule has 6 nitrogen and oxygen atoms in total. The second-order valence-corrected chi connectivity index (χ2v) is 10.0. The van der Waals surface area contributed by atoms with E-state index in [1.807, 2.05) is 0 Å². The highest BCUT2D eigenvalue weighted by molar-refractivity contribution is 7.94. The van der Waals surface area contributed by atoms with Crippen molar-refractivity contribution in [3.8, 4) is 0 Å². The summed E-state index contributed by atoms with van der Waals surface area (Å²) in [6.07, 6.45) is 1.70. The minimum atomic E-state index is -3.36. The molecule has 3 rings (SSSR count). The molecule has 1 fully saturated rings. The van der Waals surface area contributed by atoms with E-state index in [1.165, 1.54) is 11.0 Å². The highest BCUT2D eigenvalue weighted by Crippen LogP contribution is 2.64. The van der Waals surface area contributed by atoms with Crippen molar-refractivity contribution in [2.24, 2.45) is 5.41 Å². The number of ether oxygens (including phenoxy) is 1. The number of nitrogens with zero attached hydrogens (tertiary/aromatic N) is 1. The molecular formula is C17H17Cl2NO5S. The average Bonchev–Trinajstić information content (AvgIpc) is 2.90. The highest BCUT2D eigenvalue weighted by Gasteiger charge is 2.69. The quantitative estimate of drug-likeness (QED) is 0.542. The van der Waals surface area contributed by atoms with Crippen molar-refractivity contribution in [1.29, 1.82) is 0 Å². The van der Waals surface area contributed by atoms with Gasteiger partial charge >= 0.3 is 5.97 Å². The number of anilines is 1. The molecule has 0 radical (unpaired) electrons. The van der Waals surface area contributed by atoms with Gasteiger partial charge in [-0.1, -0.05) is 18.2 Å². The number of halogens is 2. The first-order valence-corrected chi connectivity index (χ1v) is 10.4. The summed E-state index contributed by atoms with van der Waals surface area (Å²) in [5.41, 5.74) is -0.521. The molecule has 26 heavy (non-hydrogen) atoms. The lowest BCUT2D eigenvalue weighted by Crippen LogP contribution is -2.43. The van der Waals surface area contributed by atoms with Gasteiger partial charge < -0.3 is 9.64 Å². The van der Waals surface area contributed by atoms with E-state index >= 15 is 0 Å². The minimum Gasteiger partial charge on any atom is -0.455 e. The van der Waals surface area contributed by atoms with Crippen LogP contribution in [0.15, 0.2) is 41.8 Å². The maximum atomic E-state index is 12.7. The van der Waals surface area contributed by atoms with Crippen LogP contribution in [-0.4, -0.2) is 43.0 Å². The Kier molecular flexibility index (Phi) is 4.83. The zero-order valence-electron chi connectivity index (χ0n) is 13.9. The summed E-state index contributed by atoms with van der Waals surface area (Å²) in [6, 6.07) is 7.95. The molecule has 1 aromatic rings. The van der Waals surface area contributed by atoms with Crippen molar-refractivity contribution in [3.63, 3.8) is 0 Å². The fourth-order valence-corrected chi connectivity index (χ4v) is 4.76. The molecule has 2 aliphatic rings. The minimum absolute atomic E-state index is 0.217. The number of sulfone groups is 1. The summed E-state index contributed by atoms with van der Waals surface area (Å²) in [4.78, 5) is 26.2. The van der Waals surface area contributed by atoms with Gasteiger partial charge in [-0.3, -0.25) is 9.59 Å². The van der Waals surface area contributed by atoms with Crippen LogP contribution in [0.25, 0.3) is 0 Å². The predicted octanol–water partition coefficient (Wildman–Crippen LogP) is 2.46. The molecule has 1 aliphatic heterocycles. The monoisotopic (exact) mass is 417 g/mol. The van der Waals surface area contributed by atoms with Crippen LogP contribution >= 0.6 is 23.2 Å². The van der Waals surface area contributed by atoms with Crippen LogP contribution in [0.5, 0.6) is 0 Å². The second-order valence-electron chi connectivity index (χ2n) is 6.61. The summed E-state index contributed by atoms with van der Waals surface area (Å²) in [6.45, 7) is 1.04. The fraction of sp³-hybridized carbons (Fsp3) is 0.412. The molecule has 1 heterocycles. The molecule has 9 heteroatoms. The van der Waals surface area contributed by atoms with Crippen molar-refractivity contribution in [2.75, 3.05) is 17.3 Å². The van der Waals surface area contributed by atoms with Crippen LogP contribution in [0, 0.1) is 5.41 Å². The number of hydrogen-bond donors (Lipinski definition) is 0. The number of hydrogen-bond acceptors (Lipinski definition) is 5. The third-order valence-electron chi connectivity index (χ3n) is 4.58. The first kappa shape index (κ1) is 19.2. The van der Waals surface area contributed by atoms with E-state index in [4.69, 9.17) is 27.9 Å². The Bertz CT molecular complexity index is 868. The number of benzene rings is 1. The largest absolute Gasteiger partial charge is 0.455 e. The van der Waals surface area contributed by atoms with Gasteiger partial charge in [0.15, 0.2) is 16.4 Å². The molecule has 2 atom stereocenters. The number of alkyl halides is 2. The molecule has 0 N–H and O–H groups in total. The zero-order valence-corrected chi connectivity index (χ0v) is 16.2. The lowest BCUT2D eigenvalue weighted by molar-refractivity contribution is -0.153. The van der Waals surface area contributed by atoms with Gasteiger partial charge in [-0.15, -0.1) is 23.2 Å². The van der Waals surface area contributed by atoms with Gasteiger partial charge in [0.2, 0.25) is 0 Å². The van der Waals surface area contributed by atoms with Crippen molar-refractivity contribution < 1.29 is 22.7 Å². The second kappa shape index (κ2) is 6.55. The number of carbonyl (C=O) groups excluding carboxylic acids is 2. The van der Waals surface area contributed by atoms with E-state index in [9.17, 15) is 18.0 Å². The van der Waals surface area contributed by atoms with Crippen molar-refractivity contribution in [2.45, 2.75) is 23.7 Å². The smallest absolute Gasteiger partial charge is 0.315 e. The Morgan fingerprint density at radius 3 is 2.38 bits per heavy atom. The molecule has 140 valence electrons. The Morgan fingerprint density at radius 1 is 1.27 bits per heavy atom. The summed E-state index contributed by atoms with van der Waals surface area (Å²) >= 11 is 11.9. The molecule has 1 aromatic carbocycles. The normalized spacial score (nSPS) is 27.7. The molecule has 0 spiro atoms. The van der Waals surface area contributed by atoms with Crippen LogP contribution in [0.3, 0.4) is 0 Å². The number of amides is 1. The van der Waals surface area contributed by atoms with Gasteiger partial charge in [-0.2, -0.15) is 0 Å². The van der Waals surface area contributed by atoms with Gasteiger partial charge in [0.05, 0.1) is 11.8 Å². The Balaban J connectivity index is 1.74. The van der Waals surface area contributed by atoms with Crippen LogP contribution < -0.4 is 4.90 Å². The summed E-state index contributed by atoms with van der Waals surface area (Å²) < 4.78 is 27.4. The highest BCUT2D eigenvalue weighted by atomic mass is 35.5. The van der Waals surface area contributed by atoms with Gasteiger partial charge in [-0.05, 0) is 25.1 Å². The summed E-state index contributed by atoms with van der Waals surface area (Å²) in [5, 5.41) is 1.09. The van der Waals surface area contributed by atoms with E-state index in [1.54, 1.807) is 37.3 Å². The Morgan fingerprint density at radius 2 is 1.88 bits per heavy atom. The zero-order chi connectivity index (χ0) is 19.2. The maximum absolute atomic E-state index is 12.7. The van der Waals surface area contributed by atoms with Gasteiger partial charge in [0.1, 0.15) is 9.75 Å². The van der Waals surface area contributed by atoms with Crippen LogP contribution in [0.4, 0.5) is 5.69 Å². The summed E-state index contributed by atoms with van der Waals surface area (Å²) in [5.74, 6) is -1.40. The van der Waals surface area contributed by atoms with E-state index in [-0.39, 0.29) is 12.2 Å². The lowest BCUT2D eigenvalue weighted by Gasteiger charge is -2.27. The van der Waals surface area contributed by atoms with Gasteiger partial charge in [0.25, 0.3) is 5.91 Å². The lowest BCUT2D eigenvalue weighted by atomic mass is 10.1. The maximum Gasteiger partial charge on any atom is 0.315 e. The molecule has 0 aromatic heterocycles. The molecular weight excluding hydrogens is 401 g/mol. The topological polar surface area (TPSA) is 80.8 Å². The van der Waals surface area contributed by atoms with E-state index in [0.29, 0.717) is 5.69 Å². The first-order chi connectivity index (χ1) is 12.1. The van der Waals surface area contributed by atoms with E-state index < -0.39 is 44.1 Å². The number of para-hydroxylation sites is 1. The Hall–Kier alpha value is -1.57. The fourth-order valence-electron chi connectivity index (χ4n) is 2.81. The average molecular weight is 418 g/mol. The SMILES string of the molecule is C[C@@]1(C(=O)OCC(=O)N(c2ccccc2)[C@@H]2C=CS(=O)(=O)C2)CC1(Cl)Cl. The van der Waals surface area contributed by atoms with Crippen LogP contribution in [-0.2, 0) is 24.2 Å². The third kappa shape index (κ3) is 3.61. The number of esters is 1. The molecule has 1 amide bonds. The third-order valence-corrected chi connectivity index (χ3v) is 7.06. The standard InChI is InChI=1S/C17H17Cl2NO5S/c1-16(11-17(16,18)19)15(22)25-9-14(21)20(12-5-3-2-4-6-12)13-7-8-26(23,24)10-13/h2-8,13H,9-11H2,1H3/t13-,16+/m1/s1. The summed E-state index contributed by atoms with van der Waals surface area (Å²) in [7, 11) is -3.36. The van der Waals surface area contributed by atoms with Crippen LogP contribution in [0.2, 0.25) is 0 Å². The molecule has 0 unspecified atom stereocenters. The van der Waals surface area contributed by atoms with Crippen LogP contribution in [0.1, 0.15) is 13.3 Å². The van der Waals surface area contributed by atoms with E-state index in [0.717, 1.165) is 5.41 Å². The molecule has 1 aliphatic carbocycles. The molecule has 0 bridgehead atoms. The van der Waals surface area contributed by atoms with Crippen molar-refractivity contribution in [1.82, 2.24) is 0 Å². The number of carbonyl (C=O) groups is 2. The van der Waals surface area contributed by atoms with E-state index in [2.05, 4.69) is 0 Å². The number of rotatable bonds is 5. The Labute approximate surface area is 161 Å². The molecule has 1 saturated carbocycles. The van der Waals surface area contributed by atoms with Crippen molar-refractivity contribution >= 4 is 50.6 Å².